The molecule has 29 heteroatoms. The lowest BCUT2D eigenvalue weighted by molar-refractivity contribution is -0.394. The fraction of sp³-hybridized carbons (Fsp3) is 0.788. The van der Waals surface area contributed by atoms with E-state index in [0.717, 1.165) is 0 Å². The van der Waals surface area contributed by atoms with Crippen LogP contribution in [0.3, 0.4) is 0 Å². The fourth-order valence-electron chi connectivity index (χ4n) is 6.90. The summed E-state index contributed by atoms with van der Waals surface area (Å²) in [6.07, 6.45) is -45.1. The van der Waals surface area contributed by atoms with E-state index in [9.17, 15) is 111 Å². The molecule has 0 heterocycles. The molecular weight excluding hydrogens is 939 g/mol. The van der Waals surface area contributed by atoms with Gasteiger partial charge in [0.05, 0.1) is 5.41 Å². The third-order valence-corrected chi connectivity index (χ3v) is 10.9. The molecule has 7 nitrogen and oxygen atoms in total. The molecule has 0 aliphatic heterocycles. The maximum atomic E-state index is 13.5. The predicted octanol–water partition coefficient (Wildman–Crippen LogP) is 10.9. The molecule has 0 aromatic carbocycles. The van der Waals surface area contributed by atoms with Crippen molar-refractivity contribution in [3.63, 3.8) is 0 Å². The Balaban J connectivity index is 0.000000520. The van der Waals surface area contributed by atoms with E-state index in [1.54, 1.807) is 6.08 Å². The summed E-state index contributed by atoms with van der Waals surface area (Å²) < 4.78 is 300. The molecule has 364 valence electrons. The third kappa shape index (κ3) is 12.6. The first-order valence-corrected chi connectivity index (χ1v) is 18.6. The van der Waals surface area contributed by atoms with Gasteiger partial charge in [0.2, 0.25) is 0 Å². The largest absolute Gasteiger partial charge is 0.456 e. The lowest BCUT2D eigenvalue weighted by Gasteiger charge is -2.47. The second-order valence-corrected chi connectivity index (χ2v) is 16.8. The van der Waals surface area contributed by atoms with Crippen molar-refractivity contribution >= 4 is 16.1 Å². The van der Waals surface area contributed by atoms with Crippen molar-refractivity contribution in [2.45, 2.75) is 131 Å². The van der Waals surface area contributed by atoms with Gasteiger partial charge in [-0.05, 0) is 83.5 Å². The van der Waals surface area contributed by atoms with Gasteiger partial charge in [-0.25, -0.2) is 8.98 Å². The van der Waals surface area contributed by atoms with Crippen LogP contribution < -0.4 is 0 Å². The van der Waals surface area contributed by atoms with Crippen LogP contribution in [0.4, 0.5) is 92.2 Å². The maximum absolute atomic E-state index is 13.5. The average molecular weight is 977 g/mol. The van der Waals surface area contributed by atoms with Gasteiger partial charge in [0.15, 0.2) is 0 Å². The molecule has 0 aromatic heterocycles. The summed E-state index contributed by atoms with van der Waals surface area (Å²) in [4.78, 5) is 10.8. The van der Waals surface area contributed by atoms with E-state index in [4.69, 9.17) is 5.11 Å². The van der Waals surface area contributed by atoms with Gasteiger partial charge in [-0.3, -0.25) is 0 Å². The Morgan fingerprint density at radius 3 is 1.34 bits per heavy atom. The van der Waals surface area contributed by atoms with Crippen molar-refractivity contribution in [1.82, 2.24) is 0 Å². The number of carbonyl (C=O) groups is 1. The molecule has 0 amide bonds. The van der Waals surface area contributed by atoms with Crippen LogP contribution in [-0.4, -0.2) is 90.2 Å². The Morgan fingerprint density at radius 2 is 1.06 bits per heavy atom. The van der Waals surface area contributed by atoms with Crippen molar-refractivity contribution in [1.29, 1.82) is 0 Å². The number of hydrogen-bond donors (Lipinski definition) is 2. The van der Waals surface area contributed by atoms with Crippen LogP contribution in [-0.2, 0) is 23.8 Å². The van der Waals surface area contributed by atoms with Gasteiger partial charge in [0.25, 0.3) is 26.9 Å². The first-order valence-electron chi connectivity index (χ1n) is 17.2. The Labute approximate surface area is 338 Å². The van der Waals surface area contributed by atoms with Gasteiger partial charge >= 0.3 is 49.2 Å². The Bertz CT molecular complexity index is 1660. The standard InChI is InChI=1S/C14H14F12O4S.C11H12F6O.C8H11F3O2/c1-2-31(28,29)30-10(13(21,22)23,14(24,25)26)8-5-3-7(4-6-8)9(27,11(15,16)17)12(18,19)20;12-10(13,14)9(18,11(15,16)17)5-8-4-6-1-2-7(8)3-6;1-5(8(9,10)11)6(12)13-7(2,3)4/h2,7-8,27H,1,3-6H2;1-2,6-8,18H,3-5H2;1H2,2-4H3. The first-order chi connectivity index (χ1) is 27.1. The van der Waals surface area contributed by atoms with Crippen molar-refractivity contribution < 1.29 is 125 Å². The number of rotatable bonds is 8. The highest BCUT2D eigenvalue weighted by atomic mass is 32.2. The zero-order chi connectivity index (χ0) is 49.5. The van der Waals surface area contributed by atoms with Gasteiger partial charge in [0, 0.05) is 11.8 Å². The lowest BCUT2D eigenvalue weighted by Crippen LogP contribution is -2.66. The average Bonchev–Trinajstić information content (AvgIpc) is 3.66. The second kappa shape index (κ2) is 18.1. The Hall–Kier alpha value is -2.95. The molecule has 62 heavy (non-hydrogen) atoms. The molecule has 3 aliphatic rings. The van der Waals surface area contributed by atoms with Crippen LogP contribution >= 0.6 is 0 Å². The van der Waals surface area contributed by atoms with Gasteiger partial charge in [-0.15, -0.1) is 0 Å². The molecule has 0 spiro atoms. The molecule has 3 unspecified atom stereocenters. The molecule has 2 N–H and O–H groups in total. The van der Waals surface area contributed by atoms with Crippen LogP contribution in [0, 0.1) is 29.6 Å². The van der Waals surface area contributed by atoms with E-state index in [2.05, 4.69) is 22.1 Å². The van der Waals surface area contributed by atoms with E-state index in [0.29, 0.717) is 6.42 Å². The van der Waals surface area contributed by atoms with Gasteiger partial charge in [-0.1, -0.05) is 25.3 Å². The van der Waals surface area contributed by atoms with Gasteiger partial charge in [-0.2, -0.15) is 101 Å². The van der Waals surface area contributed by atoms with Gasteiger partial charge in [0.1, 0.15) is 11.2 Å². The zero-order valence-electron chi connectivity index (χ0n) is 31.8. The van der Waals surface area contributed by atoms with E-state index in [-0.39, 0.29) is 23.7 Å². The summed E-state index contributed by atoms with van der Waals surface area (Å²) >= 11 is 0. The summed E-state index contributed by atoms with van der Waals surface area (Å²) in [7, 11) is -5.67. The summed E-state index contributed by atoms with van der Waals surface area (Å²) in [5, 5.41) is 18.0. The number of allylic oxidation sites excluding steroid dienone is 2. The number of alkyl halides is 21. The molecule has 2 saturated carbocycles. The number of aliphatic hydroxyl groups is 2. The minimum absolute atomic E-state index is 0.0608. The number of ether oxygens (including phenoxy) is 1. The van der Waals surface area contributed by atoms with Crippen LogP contribution in [0.5, 0.6) is 0 Å². The van der Waals surface area contributed by atoms with E-state index >= 15 is 0 Å². The fourth-order valence-corrected chi connectivity index (χ4v) is 7.66. The minimum atomic E-state index is -6.48. The zero-order valence-corrected chi connectivity index (χ0v) is 32.6. The molecule has 3 rings (SSSR count). The predicted molar refractivity (Wildman–Crippen MR) is 169 cm³/mol. The highest BCUT2D eigenvalue weighted by Crippen LogP contribution is 2.59. The normalized spacial score (nSPS) is 23.5. The second-order valence-electron chi connectivity index (χ2n) is 15.4. The Kier molecular flexibility index (Phi) is 16.7. The maximum Gasteiger partial charge on any atom is 0.428 e. The quantitative estimate of drug-likeness (QED) is 0.0820. The Morgan fingerprint density at radius 1 is 0.661 bits per heavy atom. The molecule has 0 aromatic rings. The lowest BCUT2D eigenvalue weighted by atomic mass is 9.67. The molecule has 3 aliphatic carbocycles. The van der Waals surface area contributed by atoms with Crippen molar-refractivity contribution in [2.75, 3.05) is 0 Å². The summed E-state index contributed by atoms with van der Waals surface area (Å²) in [6, 6.07) is 0. The smallest absolute Gasteiger partial charge is 0.428 e. The summed E-state index contributed by atoms with van der Waals surface area (Å²) in [6.45, 7) is 9.55. The van der Waals surface area contributed by atoms with Crippen molar-refractivity contribution in [3.05, 3.63) is 36.3 Å². The van der Waals surface area contributed by atoms with Crippen LogP contribution in [0.1, 0.15) is 65.7 Å². The topological polar surface area (TPSA) is 110 Å². The molecular formula is C33H37F21O7S. The minimum Gasteiger partial charge on any atom is -0.456 e. The van der Waals surface area contributed by atoms with Crippen LogP contribution in [0.25, 0.3) is 0 Å². The van der Waals surface area contributed by atoms with Crippen molar-refractivity contribution in [3.8, 4) is 0 Å². The molecule has 0 radical (unpaired) electrons. The monoisotopic (exact) mass is 976 g/mol. The van der Waals surface area contributed by atoms with E-state index in [1.807, 2.05) is 6.08 Å². The number of fused-ring (bicyclic) bond motifs is 2. The van der Waals surface area contributed by atoms with E-state index < -0.39 is 137 Å². The van der Waals surface area contributed by atoms with Gasteiger partial charge < -0.3 is 14.9 Å². The van der Waals surface area contributed by atoms with E-state index in [1.165, 1.54) is 20.8 Å². The summed E-state index contributed by atoms with van der Waals surface area (Å²) in [5.41, 5.74) is -17.9. The van der Waals surface area contributed by atoms with Crippen molar-refractivity contribution in [2.24, 2.45) is 29.6 Å². The molecule has 2 bridgehead atoms. The SMILES string of the molecule is C=C(C(=O)OC(C)(C)C)C(F)(F)F.C=CS(=O)(=O)OC(C1CCC(C(O)(C(F)(F)F)C(F)(F)F)CC1)(C(F)(F)F)C(F)(F)F.OC(CC1CC2C=CC1C2)(C(F)(F)F)C(F)(F)F. The number of esters is 1. The van der Waals surface area contributed by atoms with Crippen LogP contribution in [0.2, 0.25) is 0 Å². The molecule has 2 fully saturated rings. The number of hydrogen-bond acceptors (Lipinski definition) is 7. The molecule has 3 atom stereocenters. The first kappa shape index (κ1) is 57.1. The number of carbonyl (C=O) groups excluding carboxylic acids is 1. The third-order valence-electron chi connectivity index (χ3n) is 9.95. The highest BCUT2D eigenvalue weighted by molar-refractivity contribution is 7.89. The van der Waals surface area contributed by atoms with Crippen LogP contribution in [0.15, 0.2) is 36.3 Å². The number of halogens is 21. The highest BCUT2D eigenvalue weighted by Gasteiger charge is 2.79. The summed E-state index contributed by atoms with van der Waals surface area (Å²) in [5.74, 6) is -8.16. The molecule has 0 saturated heterocycles.